The van der Waals surface area contributed by atoms with Crippen LogP contribution in [-0.4, -0.2) is 21.0 Å². The van der Waals surface area contributed by atoms with E-state index in [1.54, 1.807) is 30.5 Å². The number of H-pyrrole nitrogens is 1. The van der Waals surface area contributed by atoms with Crippen LogP contribution in [0.5, 0.6) is 0 Å². The van der Waals surface area contributed by atoms with Gasteiger partial charge in [0.25, 0.3) is 5.91 Å². The molecule has 0 aliphatic carbocycles. The molecule has 5 heteroatoms. The number of rotatable bonds is 5. The first-order chi connectivity index (χ1) is 14.1. The van der Waals surface area contributed by atoms with Crippen molar-refractivity contribution in [2.45, 2.75) is 13.5 Å². The molecule has 0 fully saturated rings. The van der Waals surface area contributed by atoms with Crippen molar-refractivity contribution >= 4 is 11.6 Å². The van der Waals surface area contributed by atoms with Gasteiger partial charge in [-0.2, -0.15) is 0 Å². The van der Waals surface area contributed by atoms with Gasteiger partial charge in [0.1, 0.15) is 5.82 Å². The molecule has 0 bridgehead atoms. The van der Waals surface area contributed by atoms with Crippen molar-refractivity contribution in [1.82, 2.24) is 9.97 Å². The number of benzene rings is 3. The smallest absolute Gasteiger partial charge is 0.255 e. The summed E-state index contributed by atoms with van der Waals surface area (Å²) in [6.07, 6.45) is 1.80. The number of aliphatic hydroxyl groups is 1. The molecule has 0 unspecified atom stereocenters. The normalized spacial score (nSPS) is 10.7. The van der Waals surface area contributed by atoms with Crippen LogP contribution in [0.4, 0.5) is 5.69 Å². The third kappa shape index (κ3) is 4.25. The predicted octanol–water partition coefficient (Wildman–Crippen LogP) is 4.80. The molecule has 3 N–H and O–H groups in total. The Morgan fingerprint density at radius 2 is 1.76 bits per heavy atom. The number of aromatic amines is 1. The summed E-state index contributed by atoms with van der Waals surface area (Å²) in [5, 5.41) is 12.0. The standard InChI is InChI=1S/C24H21N3O2/c1-16-5-9-18(10-6-16)23-25-14-22(27-23)20-3-2-4-21(13-20)26-24(29)19-11-7-17(15-28)8-12-19/h2-14,28H,15H2,1H3,(H,25,27)(H,26,29). The Bertz CT molecular complexity index is 1130. The highest BCUT2D eigenvalue weighted by Crippen LogP contribution is 2.25. The lowest BCUT2D eigenvalue weighted by atomic mass is 10.1. The van der Waals surface area contributed by atoms with E-state index in [2.05, 4.69) is 34.3 Å². The van der Waals surface area contributed by atoms with Gasteiger partial charge in [-0.15, -0.1) is 0 Å². The quantitative estimate of drug-likeness (QED) is 0.463. The number of amides is 1. The second kappa shape index (κ2) is 8.12. The van der Waals surface area contributed by atoms with Crippen LogP contribution < -0.4 is 5.32 Å². The molecule has 5 nitrogen and oxygen atoms in total. The van der Waals surface area contributed by atoms with Crippen LogP contribution in [0.25, 0.3) is 22.6 Å². The second-order valence-corrected chi connectivity index (χ2v) is 6.90. The van der Waals surface area contributed by atoms with E-state index >= 15 is 0 Å². The first-order valence-electron chi connectivity index (χ1n) is 9.36. The van der Waals surface area contributed by atoms with E-state index in [4.69, 9.17) is 5.11 Å². The molecular weight excluding hydrogens is 362 g/mol. The molecule has 29 heavy (non-hydrogen) atoms. The van der Waals surface area contributed by atoms with Crippen molar-refractivity contribution in [2.75, 3.05) is 5.32 Å². The van der Waals surface area contributed by atoms with Gasteiger partial charge >= 0.3 is 0 Å². The van der Waals surface area contributed by atoms with Crippen LogP contribution in [0.3, 0.4) is 0 Å². The number of hydrogen-bond donors (Lipinski definition) is 3. The van der Waals surface area contributed by atoms with Gasteiger partial charge in [-0.3, -0.25) is 4.79 Å². The molecule has 0 spiro atoms. The minimum Gasteiger partial charge on any atom is -0.392 e. The molecule has 0 saturated heterocycles. The van der Waals surface area contributed by atoms with Gasteiger partial charge in [0.2, 0.25) is 0 Å². The number of anilines is 1. The SMILES string of the molecule is Cc1ccc(-c2ncc(-c3cccc(NC(=O)c4ccc(CO)cc4)c3)[nH]2)cc1. The zero-order valence-corrected chi connectivity index (χ0v) is 16.0. The molecule has 1 amide bonds. The minimum atomic E-state index is -0.198. The molecule has 0 radical (unpaired) electrons. The Morgan fingerprint density at radius 3 is 2.48 bits per heavy atom. The number of aromatic nitrogens is 2. The molecule has 0 saturated carbocycles. The Labute approximate surface area is 169 Å². The zero-order chi connectivity index (χ0) is 20.2. The average Bonchev–Trinajstić information content (AvgIpc) is 3.25. The molecule has 0 aliphatic heterocycles. The molecule has 0 atom stereocenters. The number of aliphatic hydroxyl groups excluding tert-OH is 1. The maximum absolute atomic E-state index is 12.5. The predicted molar refractivity (Wildman–Crippen MR) is 115 cm³/mol. The van der Waals surface area contributed by atoms with Crippen LogP contribution in [0.2, 0.25) is 0 Å². The van der Waals surface area contributed by atoms with Gasteiger partial charge in [0, 0.05) is 22.4 Å². The second-order valence-electron chi connectivity index (χ2n) is 6.90. The molecule has 4 aromatic rings. The molecule has 4 rings (SSSR count). The van der Waals surface area contributed by atoms with Crippen molar-refractivity contribution in [2.24, 2.45) is 0 Å². The highest BCUT2D eigenvalue weighted by Gasteiger charge is 2.09. The van der Waals surface area contributed by atoms with Gasteiger partial charge in [-0.1, -0.05) is 54.1 Å². The first-order valence-corrected chi connectivity index (χ1v) is 9.36. The number of carbonyl (C=O) groups excluding carboxylic acids is 1. The van der Waals surface area contributed by atoms with Gasteiger partial charge < -0.3 is 15.4 Å². The maximum Gasteiger partial charge on any atom is 0.255 e. The van der Waals surface area contributed by atoms with E-state index < -0.39 is 0 Å². The Kier molecular flexibility index (Phi) is 5.22. The first kappa shape index (κ1) is 18.7. The average molecular weight is 383 g/mol. The lowest BCUT2D eigenvalue weighted by molar-refractivity contribution is 0.102. The monoisotopic (exact) mass is 383 g/mol. The van der Waals surface area contributed by atoms with Gasteiger partial charge in [0.05, 0.1) is 18.5 Å². The Balaban J connectivity index is 1.52. The fraction of sp³-hybridized carbons (Fsp3) is 0.0833. The number of aryl methyl sites for hydroxylation is 1. The van der Waals surface area contributed by atoms with Crippen LogP contribution in [0.1, 0.15) is 21.5 Å². The largest absolute Gasteiger partial charge is 0.392 e. The van der Waals surface area contributed by atoms with Crippen molar-refractivity contribution in [3.8, 4) is 22.6 Å². The van der Waals surface area contributed by atoms with E-state index in [1.165, 1.54) is 5.56 Å². The van der Waals surface area contributed by atoms with E-state index in [9.17, 15) is 4.79 Å². The fourth-order valence-electron chi connectivity index (χ4n) is 3.06. The van der Waals surface area contributed by atoms with Gasteiger partial charge in [-0.05, 0) is 36.8 Å². The molecule has 1 aromatic heterocycles. The summed E-state index contributed by atoms with van der Waals surface area (Å²) in [5.41, 5.74) is 6.05. The molecular formula is C24H21N3O2. The summed E-state index contributed by atoms with van der Waals surface area (Å²) >= 11 is 0. The van der Waals surface area contributed by atoms with Gasteiger partial charge in [-0.25, -0.2) is 4.98 Å². The molecule has 3 aromatic carbocycles. The topological polar surface area (TPSA) is 78.0 Å². The third-order valence-electron chi connectivity index (χ3n) is 4.73. The Morgan fingerprint density at radius 1 is 1.00 bits per heavy atom. The summed E-state index contributed by atoms with van der Waals surface area (Å²) in [7, 11) is 0. The van der Waals surface area contributed by atoms with Crippen molar-refractivity contribution in [3.05, 3.63) is 95.7 Å². The van der Waals surface area contributed by atoms with E-state index in [0.717, 1.165) is 28.2 Å². The van der Waals surface area contributed by atoms with E-state index in [1.807, 2.05) is 36.4 Å². The highest BCUT2D eigenvalue weighted by atomic mass is 16.3. The highest BCUT2D eigenvalue weighted by molar-refractivity contribution is 6.04. The summed E-state index contributed by atoms with van der Waals surface area (Å²) in [6, 6.07) is 22.7. The fourth-order valence-corrected chi connectivity index (χ4v) is 3.06. The lowest BCUT2D eigenvalue weighted by Gasteiger charge is -2.07. The van der Waals surface area contributed by atoms with Crippen LogP contribution in [-0.2, 0) is 6.61 Å². The number of nitrogens with one attached hydrogen (secondary N) is 2. The van der Waals surface area contributed by atoms with Gasteiger partial charge in [0.15, 0.2) is 0 Å². The summed E-state index contributed by atoms with van der Waals surface area (Å²) in [5.74, 6) is 0.606. The summed E-state index contributed by atoms with van der Waals surface area (Å²) in [4.78, 5) is 20.3. The van der Waals surface area contributed by atoms with E-state index in [-0.39, 0.29) is 12.5 Å². The minimum absolute atomic E-state index is 0.0430. The molecule has 144 valence electrons. The maximum atomic E-state index is 12.5. The molecule has 0 aliphatic rings. The summed E-state index contributed by atoms with van der Waals surface area (Å²) in [6.45, 7) is 2.01. The lowest BCUT2D eigenvalue weighted by Crippen LogP contribution is -2.11. The third-order valence-corrected chi connectivity index (χ3v) is 4.73. The molecule has 1 heterocycles. The number of imidazole rings is 1. The van der Waals surface area contributed by atoms with Crippen molar-refractivity contribution < 1.29 is 9.90 Å². The number of carbonyl (C=O) groups is 1. The van der Waals surface area contributed by atoms with Crippen molar-refractivity contribution in [3.63, 3.8) is 0 Å². The zero-order valence-electron chi connectivity index (χ0n) is 16.0. The summed E-state index contributed by atoms with van der Waals surface area (Å²) < 4.78 is 0. The van der Waals surface area contributed by atoms with Crippen molar-refractivity contribution in [1.29, 1.82) is 0 Å². The van der Waals surface area contributed by atoms with E-state index in [0.29, 0.717) is 11.3 Å². The van der Waals surface area contributed by atoms with Crippen LogP contribution >= 0.6 is 0 Å². The van der Waals surface area contributed by atoms with Crippen LogP contribution in [0, 0.1) is 6.92 Å². The number of nitrogens with zero attached hydrogens (tertiary/aromatic N) is 1. The van der Waals surface area contributed by atoms with Crippen LogP contribution in [0.15, 0.2) is 79.0 Å². The number of hydrogen-bond acceptors (Lipinski definition) is 3. The Hall–Kier alpha value is -3.70.